The molecule has 2 saturated heterocycles. The van der Waals surface area contributed by atoms with Crippen molar-refractivity contribution in [2.45, 2.75) is 25.7 Å². The van der Waals surface area contributed by atoms with Crippen LogP contribution in [0, 0.1) is 11.7 Å². The molecule has 2 fully saturated rings. The number of piperidine rings is 1. The average Bonchev–Trinajstić information content (AvgIpc) is 3.08. The molecule has 25 heavy (non-hydrogen) atoms. The van der Waals surface area contributed by atoms with Crippen molar-refractivity contribution in [3.05, 3.63) is 24.0 Å². The molecule has 0 spiro atoms. The maximum Gasteiger partial charge on any atom is 0.228 e. The highest BCUT2D eigenvalue weighted by atomic mass is 32.2. The second-order valence-electron chi connectivity index (χ2n) is 6.84. The molecule has 1 amide bonds. The molecule has 8 heteroatoms. The zero-order valence-electron chi connectivity index (χ0n) is 14.4. The summed E-state index contributed by atoms with van der Waals surface area (Å²) in [7, 11) is -3.30. The number of hydrogen-bond acceptors (Lipinski definition) is 4. The monoisotopic (exact) mass is 369 g/mol. The van der Waals surface area contributed by atoms with Crippen LogP contribution in [0.3, 0.4) is 0 Å². The van der Waals surface area contributed by atoms with Crippen molar-refractivity contribution in [1.82, 2.24) is 4.31 Å². The van der Waals surface area contributed by atoms with E-state index in [0.717, 1.165) is 37.9 Å². The summed E-state index contributed by atoms with van der Waals surface area (Å²) >= 11 is 0. The highest BCUT2D eigenvalue weighted by Gasteiger charge is 2.30. The van der Waals surface area contributed by atoms with Gasteiger partial charge in [-0.25, -0.2) is 17.1 Å². The van der Waals surface area contributed by atoms with Crippen LogP contribution in [-0.4, -0.2) is 51.1 Å². The van der Waals surface area contributed by atoms with Gasteiger partial charge in [0.15, 0.2) is 0 Å². The van der Waals surface area contributed by atoms with Gasteiger partial charge in [-0.2, -0.15) is 0 Å². The summed E-state index contributed by atoms with van der Waals surface area (Å²) in [5.74, 6) is -1.06. The van der Waals surface area contributed by atoms with Crippen LogP contribution in [0.2, 0.25) is 0 Å². The summed E-state index contributed by atoms with van der Waals surface area (Å²) in [6.45, 7) is 2.41. The van der Waals surface area contributed by atoms with Crippen molar-refractivity contribution in [2.24, 2.45) is 5.92 Å². The van der Waals surface area contributed by atoms with E-state index in [1.165, 1.54) is 16.4 Å². The Bertz CT molecular complexity index is 748. The maximum absolute atomic E-state index is 13.9. The SMILES string of the molecule is CS(=O)(=O)N1CCC[C@H](C(=O)Nc2cc(F)cc(N3CCCC3)c2)C1. The lowest BCUT2D eigenvalue weighted by Crippen LogP contribution is -2.43. The summed E-state index contributed by atoms with van der Waals surface area (Å²) in [6.07, 6.45) is 4.60. The second-order valence-corrected chi connectivity index (χ2v) is 8.82. The van der Waals surface area contributed by atoms with Gasteiger partial charge in [0.1, 0.15) is 5.82 Å². The smallest absolute Gasteiger partial charge is 0.228 e. The molecule has 3 rings (SSSR count). The molecule has 0 unspecified atom stereocenters. The maximum atomic E-state index is 13.9. The molecule has 2 aliphatic rings. The zero-order chi connectivity index (χ0) is 18.0. The first-order valence-electron chi connectivity index (χ1n) is 8.64. The number of rotatable bonds is 4. The van der Waals surface area contributed by atoms with Crippen LogP contribution >= 0.6 is 0 Å². The molecular weight excluding hydrogens is 345 g/mol. The largest absolute Gasteiger partial charge is 0.371 e. The predicted molar refractivity (Wildman–Crippen MR) is 95.6 cm³/mol. The Morgan fingerprint density at radius 3 is 2.56 bits per heavy atom. The van der Waals surface area contributed by atoms with E-state index < -0.39 is 15.9 Å². The summed E-state index contributed by atoms with van der Waals surface area (Å²) in [4.78, 5) is 14.6. The van der Waals surface area contributed by atoms with E-state index in [0.29, 0.717) is 25.1 Å². The molecule has 138 valence electrons. The number of carbonyl (C=O) groups excluding carboxylic acids is 1. The minimum absolute atomic E-state index is 0.180. The van der Waals surface area contributed by atoms with Gasteiger partial charge < -0.3 is 10.2 Å². The van der Waals surface area contributed by atoms with Crippen LogP contribution < -0.4 is 10.2 Å². The normalized spacial score (nSPS) is 22.2. The van der Waals surface area contributed by atoms with Gasteiger partial charge in [0.2, 0.25) is 15.9 Å². The van der Waals surface area contributed by atoms with E-state index in [1.54, 1.807) is 6.07 Å². The van der Waals surface area contributed by atoms with Crippen LogP contribution in [0.5, 0.6) is 0 Å². The molecule has 2 heterocycles. The third-order valence-electron chi connectivity index (χ3n) is 4.85. The number of nitrogens with one attached hydrogen (secondary N) is 1. The highest BCUT2D eigenvalue weighted by molar-refractivity contribution is 7.88. The zero-order valence-corrected chi connectivity index (χ0v) is 15.2. The molecule has 6 nitrogen and oxygen atoms in total. The first-order chi connectivity index (χ1) is 11.8. The Hall–Kier alpha value is -1.67. The van der Waals surface area contributed by atoms with E-state index >= 15 is 0 Å². The van der Waals surface area contributed by atoms with Gasteiger partial charge >= 0.3 is 0 Å². The standard InChI is InChI=1S/C17H24FN3O3S/c1-25(23,24)21-8-4-5-13(12-21)17(22)19-15-9-14(18)10-16(11-15)20-6-2-3-7-20/h9-11,13H,2-8,12H2,1H3,(H,19,22)/t13-/m0/s1. The molecule has 1 atom stereocenters. The fourth-order valence-corrected chi connectivity index (χ4v) is 4.42. The molecule has 0 radical (unpaired) electrons. The topological polar surface area (TPSA) is 69.7 Å². The van der Waals surface area contributed by atoms with Crippen molar-refractivity contribution in [3.8, 4) is 0 Å². The summed E-state index contributed by atoms with van der Waals surface area (Å²) in [6, 6.07) is 4.56. The first kappa shape index (κ1) is 18.1. The van der Waals surface area contributed by atoms with Crippen molar-refractivity contribution in [1.29, 1.82) is 0 Å². The van der Waals surface area contributed by atoms with Gasteiger partial charge in [0.25, 0.3) is 0 Å². The number of nitrogens with zero attached hydrogens (tertiary/aromatic N) is 2. The van der Waals surface area contributed by atoms with Gasteiger partial charge in [-0.1, -0.05) is 0 Å². The van der Waals surface area contributed by atoms with Crippen LogP contribution in [0.15, 0.2) is 18.2 Å². The second kappa shape index (κ2) is 7.29. The van der Waals surface area contributed by atoms with Crippen LogP contribution in [0.25, 0.3) is 0 Å². The number of anilines is 2. The van der Waals surface area contributed by atoms with Gasteiger partial charge in [-0.3, -0.25) is 4.79 Å². The highest BCUT2D eigenvalue weighted by Crippen LogP contribution is 2.26. The molecule has 0 bridgehead atoms. The Labute approximate surface area is 148 Å². The van der Waals surface area contributed by atoms with Crippen LogP contribution in [0.1, 0.15) is 25.7 Å². The fourth-order valence-electron chi connectivity index (χ4n) is 3.51. The number of hydrogen-bond donors (Lipinski definition) is 1. The van der Waals surface area contributed by atoms with Gasteiger partial charge in [-0.05, 0) is 43.9 Å². The van der Waals surface area contributed by atoms with Crippen molar-refractivity contribution >= 4 is 27.3 Å². The third-order valence-corrected chi connectivity index (χ3v) is 6.11. The Morgan fingerprint density at radius 2 is 1.88 bits per heavy atom. The molecule has 1 aromatic carbocycles. The summed E-state index contributed by atoms with van der Waals surface area (Å²) in [5.41, 5.74) is 1.19. The molecule has 1 N–H and O–H groups in total. The quantitative estimate of drug-likeness (QED) is 0.882. The molecule has 0 saturated carbocycles. The van der Waals surface area contributed by atoms with E-state index in [-0.39, 0.29) is 18.3 Å². The van der Waals surface area contributed by atoms with E-state index in [2.05, 4.69) is 10.2 Å². The minimum atomic E-state index is -3.30. The number of benzene rings is 1. The van der Waals surface area contributed by atoms with Crippen molar-refractivity contribution in [3.63, 3.8) is 0 Å². The Kier molecular flexibility index (Phi) is 5.29. The Balaban J connectivity index is 1.70. The van der Waals surface area contributed by atoms with Crippen molar-refractivity contribution in [2.75, 3.05) is 42.7 Å². The van der Waals surface area contributed by atoms with Crippen LogP contribution in [0.4, 0.5) is 15.8 Å². The predicted octanol–water partition coefficient (Wildman–Crippen LogP) is 2.04. The first-order valence-corrected chi connectivity index (χ1v) is 10.5. The van der Waals surface area contributed by atoms with E-state index in [9.17, 15) is 17.6 Å². The number of carbonyl (C=O) groups is 1. The van der Waals surface area contributed by atoms with E-state index in [1.807, 2.05) is 0 Å². The van der Waals surface area contributed by atoms with Crippen molar-refractivity contribution < 1.29 is 17.6 Å². The number of amides is 1. The van der Waals surface area contributed by atoms with Gasteiger partial charge in [0.05, 0.1) is 12.2 Å². The fraction of sp³-hybridized carbons (Fsp3) is 0.588. The van der Waals surface area contributed by atoms with Gasteiger partial charge in [0, 0.05) is 37.6 Å². The lowest BCUT2D eigenvalue weighted by molar-refractivity contribution is -0.120. The minimum Gasteiger partial charge on any atom is -0.371 e. The molecule has 0 aliphatic carbocycles. The third kappa shape index (κ3) is 4.49. The Morgan fingerprint density at radius 1 is 1.16 bits per heavy atom. The van der Waals surface area contributed by atoms with Gasteiger partial charge in [-0.15, -0.1) is 0 Å². The lowest BCUT2D eigenvalue weighted by Gasteiger charge is -2.30. The number of sulfonamides is 1. The summed E-state index contributed by atoms with van der Waals surface area (Å²) < 4.78 is 38.6. The molecule has 0 aromatic heterocycles. The number of halogens is 1. The van der Waals surface area contributed by atoms with E-state index in [4.69, 9.17) is 0 Å². The molecule has 1 aromatic rings. The molecular formula is C17H24FN3O3S. The molecule has 2 aliphatic heterocycles. The average molecular weight is 369 g/mol. The lowest BCUT2D eigenvalue weighted by atomic mass is 9.98. The van der Waals surface area contributed by atoms with Crippen LogP contribution in [-0.2, 0) is 14.8 Å². The summed E-state index contributed by atoms with van der Waals surface area (Å²) in [5, 5.41) is 2.76.